The molecule has 2 rings (SSSR count). The van der Waals surface area contributed by atoms with E-state index in [1.807, 2.05) is 12.1 Å². The van der Waals surface area contributed by atoms with E-state index in [0.717, 1.165) is 57.7 Å². The normalized spacial score (nSPS) is 18.6. The van der Waals surface area contributed by atoms with Crippen LogP contribution in [-0.2, 0) is 16.0 Å². The number of rotatable bonds is 8. The third-order valence-electron chi connectivity index (χ3n) is 3.22. The van der Waals surface area contributed by atoms with Crippen molar-refractivity contribution in [2.75, 3.05) is 26.4 Å². The molecule has 1 heterocycles. The van der Waals surface area contributed by atoms with E-state index in [-0.39, 0.29) is 0 Å². The molecule has 0 radical (unpaired) electrons. The van der Waals surface area contributed by atoms with Gasteiger partial charge in [-0.1, -0.05) is 23.2 Å². The molecule has 1 atom stereocenters. The van der Waals surface area contributed by atoms with Crippen LogP contribution in [0.1, 0.15) is 24.8 Å². The lowest BCUT2D eigenvalue weighted by atomic mass is 10.2. The monoisotopic (exact) mass is 317 g/mol. The molecule has 112 valence electrons. The molecule has 0 bridgehead atoms. The van der Waals surface area contributed by atoms with Gasteiger partial charge in [-0.15, -0.1) is 0 Å². The highest BCUT2D eigenvalue weighted by atomic mass is 35.5. The van der Waals surface area contributed by atoms with Crippen LogP contribution in [0.25, 0.3) is 0 Å². The van der Waals surface area contributed by atoms with E-state index in [1.54, 1.807) is 6.07 Å². The highest BCUT2D eigenvalue weighted by molar-refractivity contribution is 6.34. The van der Waals surface area contributed by atoms with Crippen LogP contribution in [0, 0.1) is 0 Å². The van der Waals surface area contributed by atoms with Gasteiger partial charge in [0.2, 0.25) is 0 Å². The lowest BCUT2D eigenvalue weighted by Gasteiger charge is -2.10. The van der Waals surface area contributed by atoms with Crippen LogP contribution in [-0.4, -0.2) is 32.5 Å². The molecule has 1 aliphatic heterocycles. The summed E-state index contributed by atoms with van der Waals surface area (Å²) in [5, 5.41) is 4.71. The summed E-state index contributed by atoms with van der Waals surface area (Å²) in [7, 11) is 0. The summed E-state index contributed by atoms with van der Waals surface area (Å²) in [6.45, 7) is 4.06. The molecule has 1 aromatic rings. The number of halogens is 2. The van der Waals surface area contributed by atoms with Gasteiger partial charge in [0, 0.05) is 29.8 Å². The van der Waals surface area contributed by atoms with Crippen LogP contribution >= 0.6 is 23.2 Å². The van der Waals surface area contributed by atoms with Crippen molar-refractivity contribution in [3.63, 3.8) is 0 Å². The molecule has 1 unspecified atom stereocenters. The van der Waals surface area contributed by atoms with Gasteiger partial charge in [0.1, 0.15) is 0 Å². The molecular formula is C15H21Cl2NO2. The topological polar surface area (TPSA) is 30.5 Å². The van der Waals surface area contributed by atoms with Gasteiger partial charge in [0.15, 0.2) is 0 Å². The van der Waals surface area contributed by atoms with Crippen LogP contribution in [0.15, 0.2) is 18.2 Å². The van der Waals surface area contributed by atoms with Crippen molar-refractivity contribution in [3.05, 3.63) is 33.8 Å². The molecule has 0 saturated carbocycles. The summed E-state index contributed by atoms with van der Waals surface area (Å²) >= 11 is 11.9. The molecule has 20 heavy (non-hydrogen) atoms. The Hall–Kier alpha value is -0.320. The zero-order valence-electron chi connectivity index (χ0n) is 11.5. The molecular weight excluding hydrogens is 297 g/mol. The third kappa shape index (κ3) is 5.98. The highest BCUT2D eigenvalue weighted by Gasteiger charge is 2.14. The number of hydrogen-bond acceptors (Lipinski definition) is 3. The van der Waals surface area contributed by atoms with Gasteiger partial charge < -0.3 is 14.8 Å². The van der Waals surface area contributed by atoms with E-state index < -0.39 is 0 Å². The van der Waals surface area contributed by atoms with Crippen molar-refractivity contribution in [3.8, 4) is 0 Å². The Morgan fingerprint density at radius 3 is 2.75 bits per heavy atom. The van der Waals surface area contributed by atoms with Gasteiger partial charge >= 0.3 is 0 Å². The lowest BCUT2D eigenvalue weighted by molar-refractivity contribution is 0.0166. The van der Waals surface area contributed by atoms with Gasteiger partial charge in [-0.3, -0.25) is 0 Å². The Labute approximate surface area is 130 Å². The van der Waals surface area contributed by atoms with Crippen molar-refractivity contribution < 1.29 is 9.47 Å². The predicted molar refractivity (Wildman–Crippen MR) is 82.6 cm³/mol. The minimum absolute atomic E-state index is 0.316. The van der Waals surface area contributed by atoms with Gasteiger partial charge in [-0.05, 0) is 49.6 Å². The molecule has 0 spiro atoms. The minimum atomic E-state index is 0.316. The van der Waals surface area contributed by atoms with Gasteiger partial charge in [0.05, 0.1) is 12.7 Å². The minimum Gasteiger partial charge on any atom is -0.379 e. The number of benzene rings is 1. The summed E-state index contributed by atoms with van der Waals surface area (Å²) < 4.78 is 11.1. The number of ether oxygens (including phenoxy) is 2. The quantitative estimate of drug-likeness (QED) is 0.742. The second kappa shape index (κ2) is 8.85. The van der Waals surface area contributed by atoms with E-state index in [1.165, 1.54) is 0 Å². The van der Waals surface area contributed by atoms with Crippen LogP contribution in [0.4, 0.5) is 0 Å². The molecule has 1 fully saturated rings. The van der Waals surface area contributed by atoms with Crippen LogP contribution in [0.3, 0.4) is 0 Å². The second-order valence-electron chi connectivity index (χ2n) is 5.02. The van der Waals surface area contributed by atoms with Crippen LogP contribution in [0.2, 0.25) is 10.0 Å². The zero-order valence-corrected chi connectivity index (χ0v) is 13.1. The molecule has 0 aromatic heterocycles. The summed E-state index contributed by atoms with van der Waals surface area (Å²) in [5.41, 5.74) is 1.10. The Kier molecular flexibility index (Phi) is 7.11. The maximum atomic E-state index is 5.95. The Bertz CT molecular complexity index is 389. The lowest BCUT2D eigenvalue weighted by Crippen LogP contribution is -2.19. The Balaban J connectivity index is 1.50. The molecule has 3 nitrogen and oxygen atoms in total. The highest BCUT2D eigenvalue weighted by Crippen LogP contribution is 2.18. The second-order valence-corrected chi connectivity index (χ2v) is 5.89. The molecule has 0 amide bonds. The fourth-order valence-electron chi connectivity index (χ4n) is 2.24. The first-order chi connectivity index (χ1) is 9.74. The molecule has 1 aliphatic rings. The van der Waals surface area contributed by atoms with E-state index >= 15 is 0 Å². The zero-order chi connectivity index (χ0) is 14.2. The predicted octanol–water partition coefficient (Wildman–Crippen LogP) is 3.67. The maximum absolute atomic E-state index is 5.95. The van der Waals surface area contributed by atoms with Crippen molar-refractivity contribution in [2.24, 2.45) is 0 Å². The van der Waals surface area contributed by atoms with Crippen molar-refractivity contribution in [1.82, 2.24) is 5.32 Å². The van der Waals surface area contributed by atoms with Gasteiger partial charge in [-0.25, -0.2) is 0 Å². The SMILES string of the molecule is Clc1cc(Cl)cc(CNCCCOCC2CCCO2)c1. The fraction of sp³-hybridized carbons (Fsp3) is 0.600. The van der Waals surface area contributed by atoms with E-state index in [2.05, 4.69) is 5.32 Å². The van der Waals surface area contributed by atoms with E-state index in [0.29, 0.717) is 16.1 Å². The Morgan fingerprint density at radius 2 is 2.05 bits per heavy atom. The van der Waals surface area contributed by atoms with Gasteiger partial charge in [-0.2, -0.15) is 0 Å². The first kappa shape index (κ1) is 16.1. The summed E-state index contributed by atoms with van der Waals surface area (Å²) in [6, 6.07) is 5.59. The fourth-order valence-corrected chi connectivity index (χ4v) is 2.81. The molecule has 1 N–H and O–H groups in total. The average Bonchev–Trinajstić information content (AvgIpc) is 2.89. The smallest absolute Gasteiger partial charge is 0.0809 e. The summed E-state index contributed by atoms with van der Waals surface area (Å²) in [4.78, 5) is 0. The summed E-state index contributed by atoms with van der Waals surface area (Å²) in [5.74, 6) is 0. The van der Waals surface area contributed by atoms with E-state index in [9.17, 15) is 0 Å². The Morgan fingerprint density at radius 1 is 1.25 bits per heavy atom. The summed E-state index contributed by atoms with van der Waals surface area (Å²) in [6.07, 6.45) is 3.60. The average molecular weight is 318 g/mol. The molecule has 1 saturated heterocycles. The maximum Gasteiger partial charge on any atom is 0.0809 e. The largest absolute Gasteiger partial charge is 0.379 e. The third-order valence-corrected chi connectivity index (χ3v) is 3.66. The van der Waals surface area contributed by atoms with Crippen LogP contribution < -0.4 is 5.32 Å². The standard InChI is InChI=1S/C15H21Cl2NO2/c16-13-7-12(8-14(17)9-13)10-18-4-2-5-19-11-15-3-1-6-20-15/h7-9,15,18H,1-6,10-11H2. The first-order valence-corrected chi connectivity index (χ1v) is 7.84. The molecule has 5 heteroatoms. The van der Waals surface area contributed by atoms with Crippen LogP contribution in [0.5, 0.6) is 0 Å². The molecule has 1 aromatic carbocycles. The van der Waals surface area contributed by atoms with E-state index in [4.69, 9.17) is 32.7 Å². The number of nitrogens with one attached hydrogen (secondary N) is 1. The van der Waals surface area contributed by atoms with Crippen molar-refractivity contribution >= 4 is 23.2 Å². The number of hydrogen-bond donors (Lipinski definition) is 1. The van der Waals surface area contributed by atoms with Crippen molar-refractivity contribution in [2.45, 2.75) is 31.9 Å². The van der Waals surface area contributed by atoms with Crippen molar-refractivity contribution in [1.29, 1.82) is 0 Å². The van der Waals surface area contributed by atoms with Gasteiger partial charge in [0.25, 0.3) is 0 Å². The first-order valence-electron chi connectivity index (χ1n) is 7.09. The molecule has 0 aliphatic carbocycles.